The van der Waals surface area contributed by atoms with Crippen molar-refractivity contribution in [2.75, 3.05) is 0 Å². The maximum Gasteiger partial charge on any atom is 0.309 e. The highest BCUT2D eigenvalue weighted by Crippen LogP contribution is 2.44. The zero-order chi connectivity index (χ0) is 19.6. The lowest BCUT2D eigenvalue weighted by molar-refractivity contribution is -0.428. The first kappa shape index (κ1) is 22.7. The molecule has 2 aliphatic rings. The van der Waals surface area contributed by atoms with E-state index in [1.54, 1.807) is 0 Å². The summed E-state index contributed by atoms with van der Waals surface area (Å²) >= 11 is 0. The van der Waals surface area contributed by atoms with Gasteiger partial charge >= 0.3 is 5.97 Å². The molecule has 2 fully saturated rings. The number of fused-ring (bicyclic) bond motifs is 1. The van der Waals surface area contributed by atoms with Crippen molar-refractivity contribution in [2.45, 2.75) is 141 Å². The zero-order valence-corrected chi connectivity index (χ0v) is 18.0. The molecule has 0 N–H and O–H groups in total. The Morgan fingerprint density at radius 1 is 0.852 bits per heavy atom. The lowest BCUT2D eigenvalue weighted by Crippen LogP contribution is -2.51. The minimum absolute atomic E-state index is 0.170. The molecule has 4 heteroatoms. The molecule has 0 unspecified atom stereocenters. The van der Waals surface area contributed by atoms with Crippen molar-refractivity contribution < 1.29 is 19.3 Å². The average molecular weight is 383 g/mol. The predicted octanol–water partition coefficient (Wildman–Crippen LogP) is 6.65. The third kappa shape index (κ3) is 7.73. The van der Waals surface area contributed by atoms with Crippen LogP contribution >= 0.6 is 0 Å². The van der Waals surface area contributed by atoms with Crippen LogP contribution in [0, 0.1) is 0 Å². The van der Waals surface area contributed by atoms with Crippen LogP contribution in [0.3, 0.4) is 0 Å². The molecule has 0 aliphatic carbocycles. The average Bonchev–Trinajstić information content (AvgIpc) is 2.91. The summed E-state index contributed by atoms with van der Waals surface area (Å²) in [6.07, 6.45) is 19.4. The van der Waals surface area contributed by atoms with Gasteiger partial charge in [-0.05, 0) is 20.3 Å². The first-order chi connectivity index (χ1) is 13.0. The Kier molecular flexibility index (Phi) is 9.58. The molecule has 0 aromatic carbocycles. The van der Waals surface area contributed by atoms with Crippen LogP contribution in [0.5, 0.6) is 0 Å². The lowest BCUT2D eigenvalue weighted by Gasteiger charge is -2.43. The number of esters is 1. The van der Waals surface area contributed by atoms with Gasteiger partial charge in [-0.25, -0.2) is 9.78 Å². The molecule has 0 amide bonds. The normalized spacial score (nSPS) is 30.3. The highest BCUT2D eigenvalue weighted by Gasteiger charge is 2.55. The molecule has 3 atom stereocenters. The van der Waals surface area contributed by atoms with E-state index in [0.29, 0.717) is 6.42 Å². The first-order valence-electron chi connectivity index (χ1n) is 11.5. The molecule has 4 nitrogen and oxygen atoms in total. The second-order valence-electron chi connectivity index (χ2n) is 9.28. The quantitative estimate of drug-likeness (QED) is 0.192. The summed E-state index contributed by atoms with van der Waals surface area (Å²) in [4.78, 5) is 22.7. The van der Waals surface area contributed by atoms with E-state index in [2.05, 4.69) is 13.8 Å². The van der Waals surface area contributed by atoms with Gasteiger partial charge in [0, 0.05) is 6.42 Å². The van der Waals surface area contributed by atoms with Crippen molar-refractivity contribution >= 4 is 5.97 Å². The van der Waals surface area contributed by atoms with Gasteiger partial charge in [0.15, 0.2) is 0 Å². The van der Waals surface area contributed by atoms with Gasteiger partial charge in [-0.2, -0.15) is 0 Å². The molecule has 0 aromatic rings. The molecule has 2 saturated heterocycles. The van der Waals surface area contributed by atoms with Gasteiger partial charge in [0.05, 0.1) is 6.42 Å². The Hall–Kier alpha value is -0.610. The molecular formula is C23H42O4. The molecule has 27 heavy (non-hydrogen) atoms. The Labute approximate surface area is 166 Å². The lowest BCUT2D eigenvalue weighted by atomic mass is 9.82. The van der Waals surface area contributed by atoms with E-state index in [1.807, 2.05) is 6.92 Å². The minimum Gasteiger partial charge on any atom is -0.456 e. The van der Waals surface area contributed by atoms with Crippen LogP contribution in [0.25, 0.3) is 0 Å². The van der Waals surface area contributed by atoms with E-state index < -0.39 is 5.60 Å². The fourth-order valence-electron chi connectivity index (χ4n) is 4.61. The van der Waals surface area contributed by atoms with Crippen molar-refractivity contribution in [3.63, 3.8) is 0 Å². The molecule has 0 radical (unpaired) electrons. The van der Waals surface area contributed by atoms with Crippen LogP contribution in [-0.2, 0) is 19.3 Å². The Morgan fingerprint density at radius 2 is 1.37 bits per heavy atom. The summed E-state index contributed by atoms with van der Waals surface area (Å²) in [6.45, 7) is 6.34. The number of carbonyl (C=O) groups excluding carboxylic acids is 1. The highest BCUT2D eigenvalue weighted by molar-refractivity contribution is 5.73. The van der Waals surface area contributed by atoms with Gasteiger partial charge < -0.3 is 4.74 Å². The standard InChI is InChI=1S/C23H42O4/c1-4-5-6-7-8-9-10-11-12-13-14-15-16-17-22(2)19-23(3)20(26-27-22)18-21(24)25-23/h20H,4-19H2,1-3H3/t20-,22-,23-/m0/s1. The second kappa shape index (κ2) is 11.4. The van der Waals surface area contributed by atoms with E-state index in [0.717, 1.165) is 19.3 Å². The van der Waals surface area contributed by atoms with E-state index in [1.165, 1.54) is 77.0 Å². The summed E-state index contributed by atoms with van der Waals surface area (Å²) in [5.74, 6) is -0.170. The molecule has 2 rings (SSSR count). The zero-order valence-electron chi connectivity index (χ0n) is 18.0. The fraction of sp³-hybridized carbons (Fsp3) is 0.957. The van der Waals surface area contributed by atoms with Crippen LogP contribution in [0.4, 0.5) is 0 Å². The number of hydrogen-bond acceptors (Lipinski definition) is 4. The largest absolute Gasteiger partial charge is 0.456 e. The predicted molar refractivity (Wildman–Crippen MR) is 108 cm³/mol. The van der Waals surface area contributed by atoms with E-state index in [9.17, 15) is 4.79 Å². The Morgan fingerprint density at radius 3 is 1.93 bits per heavy atom. The number of unbranched alkanes of at least 4 members (excludes halogenated alkanes) is 12. The van der Waals surface area contributed by atoms with Gasteiger partial charge in [-0.15, -0.1) is 0 Å². The minimum atomic E-state index is -0.513. The van der Waals surface area contributed by atoms with Gasteiger partial charge in [-0.1, -0.05) is 90.4 Å². The van der Waals surface area contributed by atoms with Crippen LogP contribution in [-0.4, -0.2) is 23.3 Å². The Bertz CT molecular complexity index is 438. The summed E-state index contributed by atoms with van der Waals surface area (Å²) in [5.41, 5.74) is -0.853. The van der Waals surface area contributed by atoms with Crippen LogP contribution < -0.4 is 0 Å². The highest BCUT2D eigenvalue weighted by atomic mass is 17.2. The van der Waals surface area contributed by atoms with Crippen molar-refractivity contribution in [3.05, 3.63) is 0 Å². The summed E-state index contributed by atoms with van der Waals surface area (Å²) < 4.78 is 5.52. The molecule has 2 aliphatic heterocycles. The Balaban J connectivity index is 1.45. The molecule has 0 spiro atoms. The van der Waals surface area contributed by atoms with Crippen LogP contribution in [0.15, 0.2) is 0 Å². The van der Waals surface area contributed by atoms with Crippen molar-refractivity contribution in [3.8, 4) is 0 Å². The van der Waals surface area contributed by atoms with Crippen molar-refractivity contribution in [1.82, 2.24) is 0 Å². The van der Waals surface area contributed by atoms with Gasteiger partial charge in [0.2, 0.25) is 0 Å². The molecule has 0 aromatic heterocycles. The van der Waals surface area contributed by atoms with Gasteiger partial charge in [0.1, 0.15) is 17.3 Å². The van der Waals surface area contributed by atoms with E-state index in [4.69, 9.17) is 14.5 Å². The first-order valence-corrected chi connectivity index (χ1v) is 11.5. The summed E-state index contributed by atoms with van der Waals surface area (Å²) in [6, 6.07) is 0. The van der Waals surface area contributed by atoms with Gasteiger partial charge in [0.25, 0.3) is 0 Å². The monoisotopic (exact) mass is 382 g/mol. The summed E-state index contributed by atoms with van der Waals surface area (Å²) in [5, 5.41) is 0. The third-order valence-corrected chi connectivity index (χ3v) is 6.28. The second-order valence-corrected chi connectivity index (χ2v) is 9.28. The fourth-order valence-corrected chi connectivity index (χ4v) is 4.61. The maximum atomic E-state index is 11.6. The molecule has 2 heterocycles. The van der Waals surface area contributed by atoms with Crippen LogP contribution in [0.1, 0.15) is 124 Å². The smallest absolute Gasteiger partial charge is 0.309 e. The maximum absolute atomic E-state index is 11.6. The van der Waals surface area contributed by atoms with Crippen LogP contribution in [0.2, 0.25) is 0 Å². The summed E-state index contributed by atoms with van der Waals surface area (Å²) in [7, 11) is 0. The number of ether oxygens (including phenoxy) is 1. The third-order valence-electron chi connectivity index (χ3n) is 6.28. The number of hydrogen-bond donors (Lipinski definition) is 0. The topological polar surface area (TPSA) is 44.8 Å². The SMILES string of the molecule is CCCCCCCCCCCCCCC[C@@]1(C)C[C@]2(C)OC(=O)C[C@@H]2OO1. The molecule has 158 valence electrons. The number of rotatable bonds is 14. The van der Waals surface area contributed by atoms with E-state index in [-0.39, 0.29) is 17.7 Å². The van der Waals surface area contributed by atoms with E-state index >= 15 is 0 Å². The molecule has 0 bridgehead atoms. The molecule has 0 saturated carbocycles. The van der Waals surface area contributed by atoms with Gasteiger partial charge in [-0.3, -0.25) is 4.79 Å². The van der Waals surface area contributed by atoms with Crippen molar-refractivity contribution in [1.29, 1.82) is 0 Å². The van der Waals surface area contributed by atoms with Crippen molar-refractivity contribution in [2.24, 2.45) is 0 Å². The molecular weight excluding hydrogens is 340 g/mol. The number of carbonyl (C=O) groups is 1.